The van der Waals surface area contributed by atoms with Gasteiger partial charge in [0.15, 0.2) is 0 Å². The summed E-state index contributed by atoms with van der Waals surface area (Å²) >= 11 is 0. The van der Waals surface area contributed by atoms with Crippen LogP contribution < -0.4 is 5.73 Å². The molecule has 1 aliphatic rings. The van der Waals surface area contributed by atoms with Crippen LogP contribution in [-0.2, 0) is 0 Å². The van der Waals surface area contributed by atoms with Crippen LogP contribution in [0.2, 0.25) is 0 Å². The van der Waals surface area contributed by atoms with E-state index < -0.39 is 11.7 Å². The molecule has 0 heterocycles. The Bertz CT molecular complexity index is 175. The summed E-state index contributed by atoms with van der Waals surface area (Å²) in [4.78, 5) is 0. The SMILES string of the molecule is CC1(O)CC(CN)=CCC1O. The van der Waals surface area contributed by atoms with E-state index in [0.717, 1.165) is 5.57 Å². The molecule has 0 saturated heterocycles. The fourth-order valence-corrected chi connectivity index (χ4v) is 1.34. The fourth-order valence-electron chi connectivity index (χ4n) is 1.34. The molecule has 0 bridgehead atoms. The van der Waals surface area contributed by atoms with Crippen LogP contribution in [0.3, 0.4) is 0 Å². The van der Waals surface area contributed by atoms with Crippen molar-refractivity contribution in [3.05, 3.63) is 11.6 Å². The van der Waals surface area contributed by atoms with Gasteiger partial charge in [0.25, 0.3) is 0 Å². The summed E-state index contributed by atoms with van der Waals surface area (Å²) in [5.74, 6) is 0. The summed E-state index contributed by atoms with van der Waals surface area (Å²) in [6.45, 7) is 2.11. The van der Waals surface area contributed by atoms with Crippen molar-refractivity contribution in [2.24, 2.45) is 5.73 Å². The monoisotopic (exact) mass is 157 g/mol. The number of aliphatic hydroxyl groups excluding tert-OH is 1. The minimum absolute atomic E-state index is 0.475. The highest BCUT2D eigenvalue weighted by Gasteiger charge is 2.33. The highest BCUT2D eigenvalue weighted by Crippen LogP contribution is 2.27. The molecule has 11 heavy (non-hydrogen) atoms. The summed E-state index contributed by atoms with van der Waals surface area (Å²) in [5.41, 5.74) is 5.45. The first-order valence-corrected chi connectivity index (χ1v) is 3.84. The van der Waals surface area contributed by atoms with Gasteiger partial charge in [0, 0.05) is 13.0 Å². The molecule has 0 fully saturated rings. The minimum Gasteiger partial charge on any atom is -0.390 e. The van der Waals surface area contributed by atoms with Crippen molar-refractivity contribution in [1.82, 2.24) is 0 Å². The lowest BCUT2D eigenvalue weighted by Gasteiger charge is -2.33. The highest BCUT2D eigenvalue weighted by atomic mass is 16.3. The van der Waals surface area contributed by atoms with E-state index in [-0.39, 0.29) is 0 Å². The summed E-state index contributed by atoms with van der Waals surface area (Å²) in [6.07, 6.45) is 2.27. The van der Waals surface area contributed by atoms with E-state index in [2.05, 4.69) is 0 Å². The van der Waals surface area contributed by atoms with Crippen LogP contribution >= 0.6 is 0 Å². The number of nitrogens with two attached hydrogens (primary N) is 1. The molecule has 0 spiro atoms. The van der Waals surface area contributed by atoms with E-state index in [0.29, 0.717) is 19.4 Å². The van der Waals surface area contributed by atoms with Gasteiger partial charge >= 0.3 is 0 Å². The second-order valence-corrected chi connectivity index (χ2v) is 3.35. The molecule has 64 valence electrons. The maximum absolute atomic E-state index is 9.60. The molecule has 3 heteroatoms. The number of rotatable bonds is 1. The molecule has 0 amide bonds. The van der Waals surface area contributed by atoms with Gasteiger partial charge in [-0.1, -0.05) is 11.6 Å². The van der Waals surface area contributed by atoms with Gasteiger partial charge in [-0.25, -0.2) is 0 Å². The molecule has 0 aliphatic heterocycles. The number of hydrogen-bond donors (Lipinski definition) is 3. The lowest BCUT2D eigenvalue weighted by atomic mass is 9.84. The van der Waals surface area contributed by atoms with Gasteiger partial charge in [-0.15, -0.1) is 0 Å². The van der Waals surface area contributed by atoms with E-state index >= 15 is 0 Å². The molecule has 3 nitrogen and oxygen atoms in total. The highest BCUT2D eigenvalue weighted by molar-refractivity contribution is 5.14. The Hall–Kier alpha value is -0.380. The Kier molecular flexibility index (Phi) is 2.32. The smallest absolute Gasteiger partial charge is 0.0917 e. The lowest BCUT2D eigenvalue weighted by Crippen LogP contribution is -2.42. The van der Waals surface area contributed by atoms with Crippen molar-refractivity contribution in [2.45, 2.75) is 31.5 Å². The van der Waals surface area contributed by atoms with Crippen LogP contribution in [0.5, 0.6) is 0 Å². The Labute approximate surface area is 66.5 Å². The second kappa shape index (κ2) is 2.93. The van der Waals surface area contributed by atoms with Gasteiger partial charge in [0.05, 0.1) is 11.7 Å². The zero-order valence-corrected chi connectivity index (χ0v) is 6.75. The van der Waals surface area contributed by atoms with Crippen LogP contribution in [-0.4, -0.2) is 28.5 Å². The van der Waals surface area contributed by atoms with Crippen molar-refractivity contribution in [3.8, 4) is 0 Å². The molecule has 0 aromatic rings. The predicted octanol–water partition coefficient (Wildman–Crippen LogP) is -0.223. The molecule has 1 rings (SSSR count). The summed E-state index contributed by atoms with van der Waals surface area (Å²) < 4.78 is 0. The van der Waals surface area contributed by atoms with Crippen molar-refractivity contribution >= 4 is 0 Å². The third-order valence-electron chi connectivity index (χ3n) is 2.19. The first kappa shape index (κ1) is 8.71. The molecular formula is C8H15NO2. The lowest BCUT2D eigenvalue weighted by molar-refractivity contribution is -0.0639. The van der Waals surface area contributed by atoms with E-state index in [9.17, 15) is 10.2 Å². The average molecular weight is 157 g/mol. The van der Waals surface area contributed by atoms with Crippen LogP contribution in [0.1, 0.15) is 19.8 Å². The van der Waals surface area contributed by atoms with Gasteiger partial charge in [-0.2, -0.15) is 0 Å². The zero-order valence-electron chi connectivity index (χ0n) is 6.75. The van der Waals surface area contributed by atoms with Crippen LogP contribution in [0.25, 0.3) is 0 Å². The molecule has 0 aromatic heterocycles. The van der Waals surface area contributed by atoms with Crippen molar-refractivity contribution in [1.29, 1.82) is 0 Å². The number of aliphatic hydroxyl groups is 2. The topological polar surface area (TPSA) is 66.5 Å². The molecule has 0 radical (unpaired) electrons. The Morgan fingerprint density at radius 3 is 2.91 bits per heavy atom. The maximum atomic E-state index is 9.60. The Balaban J connectivity index is 2.69. The third-order valence-corrected chi connectivity index (χ3v) is 2.19. The first-order chi connectivity index (χ1) is 5.06. The van der Waals surface area contributed by atoms with Crippen molar-refractivity contribution < 1.29 is 10.2 Å². The van der Waals surface area contributed by atoms with E-state index in [1.54, 1.807) is 6.92 Å². The third kappa shape index (κ3) is 1.80. The maximum Gasteiger partial charge on any atom is 0.0917 e. The molecule has 2 unspecified atom stereocenters. The molecule has 0 aromatic carbocycles. The van der Waals surface area contributed by atoms with Gasteiger partial charge in [-0.3, -0.25) is 0 Å². The second-order valence-electron chi connectivity index (χ2n) is 3.35. The average Bonchev–Trinajstić information content (AvgIpc) is 1.95. The minimum atomic E-state index is -0.983. The van der Waals surface area contributed by atoms with Gasteiger partial charge in [0.1, 0.15) is 0 Å². The summed E-state index contributed by atoms with van der Waals surface area (Å²) in [6, 6.07) is 0. The predicted molar refractivity (Wildman–Crippen MR) is 43.0 cm³/mol. The summed E-state index contributed by atoms with van der Waals surface area (Å²) in [5, 5.41) is 18.9. The number of hydrogen-bond acceptors (Lipinski definition) is 3. The molecule has 0 saturated carbocycles. The molecule has 4 N–H and O–H groups in total. The van der Waals surface area contributed by atoms with E-state index in [1.807, 2.05) is 6.08 Å². The van der Waals surface area contributed by atoms with Crippen LogP contribution in [0.15, 0.2) is 11.6 Å². The fraction of sp³-hybridized carbons (Fsp3) is 0.750. The van der Waals surface area contributed by atoms with Gasteiger partial charge in [-0.05, 0) is 13.3 Å². The zero-order chi connectivity index (χ0) is 8.48. The van der Waals surface area contributed by atoms with Crippen molar-refractivity contribution in [3.63, 3.8) is 0 Å². The van der Waals surface area contributed by atoms with Crippen LogP contribution in [0, 0.1) is 0 Å². The Morgan fingerprint density at radius 2 is 2.45 bits per heavy atom. The summed E-state index contributed by atoms with van der Waals surface area (Å²) in [7, 11) is 0. The van der Waals surface area contributed by atoms with Gasteiger partial charge in [0.2, 0.25) is 0 Å². The molecular weight excluding hydrogens is 142 g/mol. The quantitative estimate of drug-likeness (QED) is 0.461. The van der Waals surface area contributed by atoms with E-state index in [1.165, 1.54) is 0 Å². The standard InChI is InChI=1S/C8H15NO2/c1-8(11)4-6(5-9)2-3-7(8)10/h2,7,10-11H,3-5,9H2,1H3. The Morgan fingerprint density at radius 1 is 1.82 bits per heavy atom. The normalized spacial score (nSPS) is 38.5. The van der Waals surface area contributed by atoms with E-state index in [4.69, 9.17) is 5.73 Å². The van der Waals surface area contributed by atoms with Gasteiger partial charge < -0.3 is 15.9 Å². The molecule has 2 atom stereocenters. The van der Waals surface area contributed by atoms with Crippen molar-refractivity contribution in [2.75, 3.05) is 6.54 Å². The molecule has 1 aliphatic carbocycles. The van der Waals surface area contributed by atoms with Crippen LogP contribution in [0.4, 0.5) is 0 Å². The first-order valence-electron chi connectivity index (χ1n) is 3.84. The largest absolute Gasteiger partial charge is 0.390 e.